The summed E-state index contributed by atoms with van der Waals surface area (Å²) in [5, 5.41) is 28.8. The van der Waals surface area contributed by atoms with Crippen LogP contribution in [0.4, 0.5) is 14.5 Å². The number of benzene rings is 2. The van der Waals surface area contributed by atoms with Gasteiger partial charge < -0.3 is 10.0 Å². The zero-order valence-electron chi connectivity index (χ0n) is 20.0. The fraction of sp³-hybridized carbons (Fsp3) is 0.375. The van der Waals surface area contributed by atoms with Crippen molar-refractivity contribution in [2.45, 2.75) is 25.1 Å². The average molecular weight is 530 g/mol. The minimum absolute atomic E-state index is 0.0976. The summed E-state index contributed by atoms with van der Waals surface area (Å²) in [7, 11) is 0. The highest BCUT2D eigenvalue weighted by atomic mass is 35.5. The molecule has 37 heavy (non-hydrogen) atoms. The molecule has 1 N–H and O–H groups in total. The predicted octanol–water partition coefficient (Wildman–Crippen LogP) is 2.15. The Morgan fingerprint density at radius 3 is 2.57 bits per heavy atom. The van der Waals surface area contributed by atoms with Crippen molar-refractivity contribution in [3.63, 3.8) is 0 Å². The van der Waals surface area contributed by atoms with E-state index in [1.165, 1.54) is 28.2 Å². The van der Waals surface area contributed by atoms with Gasteiger partial charge in [-0.2, -0.15) is 9.90 Å². The lowest BCUT2D eigenvalue weighted by molar-refractivity contribution is -0.0125. The van der Waals surface area contributed by atoms with Crippen LogP contribution in [0.2, 0.25) is 5.02 Å². The Bertz CT molecular complexity index is 1330. The number of nitrogens with zero attached hydrogens (tertiary/aromatic N) is 9. The van der Waals surface area contributed by atoms with E-state index < -0.39 is 17.2 Å². The molecule has 1 unspecified atom stereocenters. The number of aliphatic hydroxyl groups is 1. The lowest BCUT2D eigenvalue weighted by Crippen LogP contribution is -2.47. The maximum Gasteiger partial charge on any atom is 0.176 e. The first kappa shape index (κ1) is 25.2. The molecule has 1 saturated heterocycles. The molecule has 10 nitrogen and oxygen atoms in total. The van der Waals surface area contributed by atoms with E-state index in [4.69, 9.17) is 11.6 Å². The highest BCUT2D eigenvalue weighted by Gasteiger charge is 2.35. The number of anilines is 1. The van der Waals surface area contributed by atoms with E-state index in [0.717, 1.165) is 55.6 Å². The minimum atomic E-state index is -1.82. The van der Waals surface area contributed by atoms with Crippen LogP contribution in [-0.2, 0) is 25.1 Å². The molecule has 5 rings (SSSR count). The number of halogens is 3. The summed E-state index contributed by atoms with van der Waals surface area (Å²) in [6.45, 7) is 3.88. The van der Waals surface area contributed by atoms with Crippen LogP contribution in [0.5, 0.6) is 0 Å². The fourth-order valence-electron chi connectivity index (χ4n) is 4.53. The molecule has 13 heteroatoms. The number of para-hydroxylation sites is 1. The quantitative estimate of drug-likeness (QED) is 0.352. The van der Waals surface area contributed by atoms with Crippen LogP contribution in [0.15, 0.2) is 55.1 Å². The molecule has 194 valence electrons. The Balaban J connectivity index is 1.21. The molecule has 2 aromatic carbocycles. The molecule has 3 heterocycles. The maximum atomic E-state index is 14.6. The van der Waals surface area contributed by atoms with Gasteiger partial charge in [-0.15, -0.1) is 10.2 Å². The highest BCUT2D eigenvalue weighted by Crippen LogP contribution is 2.28. The molecular weight excluding hydrogens is 504 g/mol. The number of tetrazole rings is 1. The Kier molecular flexibility index (Phi) is 7.40. The number of hydrogen-bond donors (Lipinski definition) is 1. The van der Waals surface area contributed by atoms with Crippen molar-refractivity contribution >= 4 is 17.3 Å². The lowest BCUT2D eigenvalue weighted by Gasteiger charge is -2.36. The zero-order chi connectivity index (χ0) is 25.8. The number of aromatic nitrogens is 7. The van der Waals surface area contributed by atoms with Crippen molar-refractivity contribution < 1.29 is 13.9 Å². The van der Waals surface area contributed by atoms with Gasteiger partial charge in [-0.25, -0.2) is 18.4 Å². The van der Waals surface area contributed by atoms with E-state index in [-0.39, 0.29) is 18.7 Å². The predicted molar refractivity (Wildman–Crippen MR) is 132 cm³/mol. The van der Waals surface area contributed by atoms with Gasteiger partial charge >= 0.3 is 0 Å². The normalized spacial score (nSPS) is 16.2. The van der Waals surface area contributed by atoms with Crippen LogP contribution in [0.25, 0.3) is 0 Å². The molecule has 0 amide bonds. The fourth-order valence-corrected chi connectivity index (χ4v) is 4.78. The first-order valence-electron chi connectivity index (χ1n) is 11.9. The molecule has 0 radical (unpaired) electrons. The first-order valence-corrected chi connectivity index (χ1v) is 12.3. The van der Waals surface area contributed by atoms with Gasteiger partial charge in [0.1, 0.15) is 29.9 Å². The van der Waals surface area contributed by atoms with Crippen LogP contribution in [0, 0.1) is 11.6 Å². The number of piperazine rings is 1. The van der Waals surface area contributed by atoms with Crippen LogP contribution >= 0.6 is 11.6 Å². The minimum Gasteiger partial charge on any atom is -0.381 e. The summed E-state index contributed by atoms with van der Waals surface area (Å²) in [5.41, 5.74) is -0.873. The second-order valence-electron chi connectivity index (χ2n) is 9.01. The van der Waals surface area contributed by atoms with E-state index in [0.29, 0.717) is 12.2 Å². The number of rotatable bonds is 9. The molecule has 4 aromatic rings. The van der Waals surface area contributed by atoms with Crippen LogP contribution in [-0.4, -0.2) is 77.7 Å². The Morgan fingerprint density at radius 1 is 1.03 bits per heavy atom. The van der Waals surface area contributed by atoms with Crippen molar-refractivity contribution in [3.05, 3.63) is 83.2 Å². The van der Waals surface area contributed by atoms with E-state index in [2.05, 4.69) is 35.3 Å². The van der Waals surface area contributed by atoms with Gasteiger partial charge in [0, 0.05) is 50.8 Å². The molecule has 0 bridgehead atoms. The summed E-state index contributed by atoms with van der Waals surface area (Å²) in [6.07, 6.45) is 3.28. The van der Waals surface area contributed by atoms with Gasteiger partial charge in [0.05, 0.1) is 23.8 Å². The lowest BCUT2D eigenvalue weighted by atomic mass is 9.93. The van der Waals surface area contributed by atoms with E-state index in [1.807, 2.05) is 24.3 Å². The third-order valence-corrected chi connectivity index (χ3v) is 6.76. The first-order chi connectivity index (χ1) is 17.9. The van der Waals surface area contributed by atoms with Gasteiger partial charge in [0.2, 0.25) is 0 Å². The van der Waals surface area contributed by atoms with Crippen LogP contribution in [0.1, 0.15) is 11.4 Å². The molecular formula is C24H26ClF2N9O. The van der Waals surface area contributed by atoms with E-state index >= 15 is 0 Å². The van der Waals surface area contributed by atoms with Crippen molar-refractivity contribution in [1.82, 2.24) is 39.9 Å². The van der Waals surface area contributed by atoms with Crippen molar-refractivity contribution in [3.8, 4) is 0 Å². The summed E-state index contributed by atoms with van der Waals surface area (Å²) >= 11 is 6.33. The standard InChI is InChI=1S/C24H26ClF2N9O/c25-20-3-1-2-4-22(20)34-11-9-33(10-12-34)8-7-23-30-32-36(31-23)15-24(37,14-35-17-28-16-29-35)19-6-5-18(26)13-21(19)27/h1-6,13,16-17,37H,7-12,14-15H2. The molecule has 1 fully saturated rings. The zero-order valence-corrected chi connectivity index (χ0v) is 20.7. The van der Waals surface area contributed by atoms with Crippen molar-refractivity contribution in [2.24, 2.45) is 0 Å². The third-order valence-electron chi connectivity index (χ3n) is 6.44. The van der Waals surface area contributed by atoms with Crippen LogP contribution in [0.3, 0.4) is 0 Å². The monoisotopic (exact) mass is 529 g/mol. The van der Waals surface area contributed by atoms with Gasteiger partial charge in [-0.1, -0.05) is 29.8 Å². The van der Waals surface area contributed by atoms with Crippen molar-refractivity contribution in [1.29, 1.82) is 0 Å². The second-order valence-corrected chi connectivity index (χ2v) is 9.42. The molecule has 1 aliphatic rings. The summed E-state index contributed by atoms with van der Waals surface area (Å²) in [5.74, 6) is -1.10. The third kappa shape index (κ3) is 5.92. The Hall–Kier alpha value is -3.48. The summed E-state index contributed by atoms with van der Waals surface area (Å²) < 4.78 is 29.5. The smallest absolute Gasteiger partial charge is 0.176 e. The second kappa shape index (κ2) is 10.9. The van der Waals surface area contributed by atoms with Gasteiger partial charge in [-0.05, 0) is 23.4 Å². The Labute approximate surface area is 217 Å². The van der Waals surface area contributed by atoms with Crippen molar-refractivity contribution in [2.75, 3.05) is 37.6 Å². The van der Waals surface area contributed by atoms with E-state index in [1.54, 1.807) is 0 Å². The van der Waals surface area contributed by atoms with Crippen LogP contribution < -0.4 is 4.90 Å². The molecule has 0 spiro atoms. The van der Waals surface area contributed by atoms with Gasteiger partial charge in [-0.3, -0.25) is 4.90 Å². The molecule has 0 aliphatic carbocycles. The van der Waals surface area contributed by atoms with Gasteiger partial charge in [0.15, 0.2) is 5.82 Å². The highest BCUT2D eigenvalue weighted by molar-refractivity contribution is 6.33. The molecule has 1 atom stereocenters. The summed E-state index contributed by atoms with van der Waals surface area (Å²) in [4.78, 5) is 9.69. The Morgan fingerprint density at radius 2 is 1.84 bits per heavy atom. The topological polar surface area (TPSA) is 101 Å². The summed E-state index contributed by atoms with van der Waals surface area (Å²) in [6, 6.07) is 10.9. The molecule has 2 aromatic heterocycles. The van der Waals surface area contributed by atoms with E-state index in [9.17, 15) is 13.9 Å². The molecule has 1 aliphatic heterocycles. The molecule has 0 saturated carbocycles. The average Bonchev–Trinajstić information content (AvgIpc) is 3.55. The van der Waals surface area contributed by atoms with Gasteiger partial charge in [0.25, 0.3) is 0 Å². The maximum absolute atomic E-state index is 14.6. The largest absolute Gasteiger partial charge is 0.381 e. The number of hydrogen-bond acceptors (Lipinski definition) is 8. The SMILES string of the molecule is OC(Cn1cncn1)(Cn1nnc(CCN2CCN(c3ccccc3Cl)CC2)n1)c1ccc(F)cc1F.